The summed E-state index contributed by atoms with van der Waals surface area (Å²) in [4.78, 5) is 26.9. The molecule has 2 amide bonds. The lowest BCUT2D eigenvalue weighted by Gasteiger charge is -2.16. The number of rotatable bonds is 4. The summed E-state index contributed by atoms with van der Waals surface area (Å²) in [7, 11) is 1.82. The molecule has 0 aromatic carbocycles. The summed E-state index contributed by atoms with van der Waals surface area (Å²) in [5.41, 5.74) is 2.79. The van der Waals surface area contributed by atoms with Gasteiger partial charge in [0.05, 0.1) is 18.8 Å². The van der Waals surface area contributed by atoms with Crippen molar-refractivity contribution in [2.24, 2.45) is 7.05 Å². The van der Waals surface area contributed by atoms with Crippen LogP contribution in [0.1, 0.15) is 52.0 Å². The van der Waals surface area contributed by atoms with Gasteiger partial charge in [-0.3, -0.25) is 19.0 Å². The van der Waals surface area contributed by atoms with Crippen molar-refractivity contribution in [3.8, 4) is 0 Å². The van der Waals surface area contributed by atoms with Crippen molar-refractivity contribution in [2.75, 3.05) is 0 Å². The Morgan fingerprint density at radius 3 is 2.83 bits per heavy atom. The van der Waals surface area contributed by atoms with Gasteiger partial charge in [-0.1, -0.05) is 0 Å². The van der Waals surface area contributed by atoms with Gasteiger partial charge in [-0.05, 0) is 25.8 Å². The first-order valence-electron chi connectivity index (χ1n) is 8.25. The van der Waals surface area contributed by atoms with Crippen LogP contribution in [0.5, 0.6) is 0 Å². The summed E-state index contributed by atoms with van der Waals surface area (Å²) in [6.45, 7) is 3.46. The van der Waals surface area contributed by atoms with E-state index < -0.39 is 0 Å². The smallest absolute Gasteiger partial charge is 0.272 e. The average molecular weight is 328 g/mol. The van der Waals surface area contributed by atoms with Crippen molar-refractivity contribution in [3.63, 3.8) is 0 Å². The van der Waals surface area contributed by atoms with E-state index >= 15 is 0 Å². The van der Waals surface area contributed by atoms with E-state index in [1.165, 1.54) is 0 Å². The number of carbonyl (C=O) groups is 2. The van der Waals surface area contributed by atoms with Crippen LogP contribution in [0, 0.1) is 0 Å². The van der Waals surface area contributed by atoms with Gasteiger partial charge in [-0.2, -0.15) is 10.2 Å². The van der Waals surface area contributed by atoms with Crippen molar-refractivity contribution in [3.05, 3.63) is 34.9 Å². The topological polar surface area (TPSA) is 85.1 Å². The maximum atomic E-state index is 12.8. The zero-order chi connectivity index (χ0) is 16.8. The van der Waals surface area contributed by atoms with E-state index in [9.17, 15) is 9.59 Å². The highest BCUT2D eigenvalue weighted by atomic mass is 16.2. The minimum Gasteiger partial charge on any atom is -0.348 e. The van der Waals surface area contributed by atoms with Crippen LogP contribution < -0.4 is 5.32 Å². The van der Waals surface area contributed by atoms with Gasteiger partial charge in [0.15, 0.2) is 5.69 Å². The highest BCUT2D eigenvalue weighted by molar-refractivity contribution is 5.96. The minimum atomic E-state index is -0.137. The van der Waals surface area contributed by atoms with Crippen molar-refractivity contribution < 1.29 is 9.59 Å². The quantitative estimate of drug-likeness (QED) is 0.894. The summed E-state index contributed by atoms with van der Waals surface area (Å²) in [5, 5.41) is 11.5. The number of nitrogens with one attached hydrogen (secondary N) is 1. The molecule has 3 heterocycles. The van der Waals surface area contributed by atoms with E-state index in [4.69, 9.17) is 0 Å². The van der Waals surface area contributed by atoms with Crippen LogP contribution in [0.3, 0.4) is 0 Å². The van der Waals surface area contributed by atoms with E-state index in [0.717, 1.165) is 24.1 Å². The van der Waals surface area contributed by atoms with Crippen LogP contribution in [0.2, 0.25) is 0 Å². The second kappa shape index (κ2) is 5.47. The molecule has 0 unspecified atom stereocenters. The molecular formula is C16H20N6O2. The molecule has 1 aliphatic carbocycles. The lowest BCUT2D eigenvalue weighted by molar-refractivity contribution is 0.0733. The van der Waals surface area contributed by atoms with Gasteiger partial charge in [0.1, 0.15) is 5.69 Å². The van der Waals surface area contributed by atoms with Gasteiger partial charge in [0.25, 0.3) is 11.8 Å². The second-order valence-electron chi connectivity index (χ2n) is 6.34. The molecule has 0 bridgehead atoms. The molecule has 0 atom stereocenters. The normalized spacial score (nSPS) is 16.3. The highest BCUT2D eigenvalue weighted by Gasteiger charge is 2.34. The Hall–Kier alpha value is -2.64. The molecule has 24 heavy (non-hydrogen) atoms. The van der Waals surface area contributed by atoms with E-state index in [-0.39, 0.29) is 17.9 Å². The first-order chi connectivity index (χ1) is 11.6. The minimum absolute atomic E-state index is 0.0703. The molecule has 0 saturated heterocycles. The number of hydrogen-bond acceptors (Lipinski definition) is 4. The van der Waals surface area contributed by atoms with Gasteiger partial charge in [-0.15, -0.1) is 0 Å². The molecule has 8 nitrogen and oxygen atoms in total. The van der Waals surface area contributed by atoms with Crippen molar-refractivity contribution in [2.45, 2.75) is 45.4 Å². The lowest BCUT2D eigenvalue weighted by atomic mass is 10.2. The molecule has 2 aromatic heterocycles. The fourth-order valence-electron chi connectivity index (χ4n) is 3.13. The largest absolute Gasteiger partial charge is 0.348 e. The molecular weight excluding hydrogens is 308 g/mol. The zero-order valence-corrected chi connectivity index (χ0v) is 13.8. The fraction of sp³-hybridized carbons (Fsp3) is 0.500. The van der Waals surface area contributed by atoms with Gasteiger partial charge in [0.2, 0.25) is 0 Å². The van der Waals surface area contributed by atoms with Gasteiger partial charge < -0.3 is 10.2 Å². The Morgan fingerprint density at radius 1 is 1.33 bits per heavy atom. The number of aromatic nitrogens is 4. The predicted octanol–water partition coefficient (Wildman–Crippen LogP) is 0.685. The fourth-order valence-corrected chi connectivity index (χ4v) is 3.13. The summed E-state index contributed by atoms with van der Waals surface area (Å²) in [5.74, 6) is -0.207. The Morgan fingerprint density at radius 2 is 2.12 bits per heavy atom. The van der Waals surface area contributed by atoms with E-state index in [1.807, 2.05) is 14.0 Å². The van der Waals surface area contributed by atoms with Crippen LogP contribution in [0.25, 0.3) is 0 Å². The highest BCUT2D eigenvalue weighted by Crippen LogP contribution is 2.28. The number of fused-ring (bicyclic) bond motifs is 1. The van der Waals surface area contributed by atoms with E-state index in [0.29, 0.717) is 31.0 Å². The summed E-state index contributed by atoms with van der Waals surface area (Å²) in [6.07, 6.45) is 3.70. The van der Waals surface area contributed by atoms with Gasteiger partial charge >= 0.3 is 0 Å². The molecule has 0 spiro atoms. The third-order valence-corrected chi connectivity index (χ3v) is 4.61. The van der Waals surface area contributed by atoms with E-state index in [2.05, 4.69) is 15.5 Å². The number of aryl methyl sites for hydroxylation is 2. The summed E-state index contributed by atoms with van der Waals surface area (Å²) >= 11 is 0. The second-order valence-corrected chi connectivity index (χ2v) is 6.34. The Labute approximate surface area is 139 Å². The Bertz CT molecular complexity index is 817. The van der Waals surface area contributed by atoms with Gasteiger partial charge in [-0.25, -0.2) is 0 Å². The first kappa shape index (κ1) is 14.9. The number of nitrogens with zero attached hydrogens (tertiary/aromatic N) is 5. The van der Waals surface area contributed by atoms with Crippen molar-refractivity contribution in [1.82, 2.24) is 29.8 Å². The SMILES string of the molecule is CCn1nccc1C(=O)N1Cc2c(C(=O)NC3CC3)nn(C)c2C1. The number of amides is 2. The van der Waals surface area contributed by atoms with Crippen LogP contribution in [-0.2, 0) is 26.7 Å². The molecule has 1 N–H and O–H groups in total. The molecule has 4 rings (SSSR count). The van der Waals surface area contributed by atoms with Crippen molar-refractivity contribution in [1.29, 1.82) is 0 Å². The molecule has 126 valence electrons. The maximum absolute atomic E-state index is 12.8. The monoisotopic (exact) mass is 328 g/mol. The van der Waals surface area contributed by atoms with Crippen LogP contribution in [0.4, 0.5) is 0 Å². The van der Waals surface area contributed by atoms with E-state index in [1.54, 1.807) is 26.5 Å². The van der Waals surface area contributed by atoms with Crippen molar-refractivity contribution >= 4 is 11.8 Å². The Balaban J connectivity index is 1.57. The molecule has 8 heteroatoms. The molecule has 1 fully saturated rings. The summed E-state index contributed by atoms with van der Waals surface area (Å²) in [6, 6.07) is 2.02. The number of hydrogen-bond donors (Lipinski definition) is 1. The molecule has 2 aromatic rings. The van der Waals surface area contributed by atoms with Gasteiger partial charge in [0, 0.05) is 31.4 Å². The number of carbonyl (C=O) groups excluding carboxylic acids is 2. The molecule has 1 saturated carbocycles. The van der Waals surface area contributed by atoms with Crippen LogP contribution in [0.15, 0.2) is 12.3 Å². The zero-order valence-electron chi connectivity index (χ0n) is 13.8. The Kier molecular flexibility index (Phi) is 3.40. The lowest BCUT2D eigenvalue weighted by Crippen LogP contribution is -2.30. The molecule has 0 radical (unpaired) electrons. The van der Waals surface area contributed by atoms with Crippen LogP contribution in [-0.4, -0.2) is 42.3 Å². The van der Waals surface area contributed by atoms with Crippen LogP contribution >= 0.6 is 0 Å². The molecule has 1 aliphatic heterocycles. The molecule has 2 aliphatic rings. The first-order valence-corrected chi connectivity index (χ1v) is 8.25. The summed E-state index contributed by atoms with van der Waals surface area (Å²) < 4.78 is 3.39. The average Bonchev–Trinajstić information content (AvgIpc) is 3.02. The maximum Gasteiger partial charge on any atom is 0.272 e. The standard InChI is InChI=1S/C16H20N6O2/c1-3-22-12(6-7-17-22)16(24)21-8-11-13(9-21)20(2)19-14(11)15(23)18-10-4-5-10/h6-7,10H,3-5,8-9H2,1-2H3,(H,18,23). The predicted molar refractivity (Wildman–Crippen MR) is 85.2 cm³/mol. The third kappa shape index (κ3) is 2.38. The third-order valence-electron chi connectivity index (χ3n) is 4.61.